The van der Waals surface area contributed by atoms with Gasteiger partial charge in [-0.05, 0) is 31.6 Å². The number of carbonyl (C=O) groups is 4. The Hall–Kier alpha value is -1.94. The number of hydrogen-bond acceptors (Lipinski definition) is 15. The van der Waals surface area contributed by atoms with Gasteiger partial charge in [-0.3, -0.25) is 37.3 Å². The van der Waals surface area contributed by atoms with Crippen molar-refractivity contribution >= 4 is 39.5 Å². The van der Waals surface area contributed by atoms with Crippen molar-refractivity contribution in [2.75, 3.05) is 39.6 Å². The second-order valence-corrected chi connectivity index (χ2v) is 31.8. The summed E-state index contributed by atoms with van der Waals surface area (Å²) in [6.07, 6.45) is 62.6. The summed E-state index contributed by atoms with van der Waals surface area (Å²) in [4.78, 5) is 72.8. The second-order valence-electron chi connectivity index (χ2n) is 28.9. The van der Waals surface area contributed by atoms with Crippen LogP contribution in [0.3, 0.4) is 0 Å². The van der Waals surface area contributed by atoms with E-state index in [2.05, 4.69) is 34.6 Å². The maximum atomic E-state index is 13.1. The average Bonchev–Trinajstić information content (AvgIpc) is 1.02. The molecule has 0 spiro atoms. The van der Waals surface area contributed by atoms with Gasteiger partial charge in [0.2, 0.25) is 0 Å². The number of aliphatic hydroxyl groups is 1. The molecule has 17 nitrogen and oxygen atoms in total. The first kappa shape index (κ1) is 96.1. The Labute approximate surface area is 600 Å². The van der Waals surface area contributed by atoms with Crippen molar-refractivity contribution in [1.82, 2.24) is 0 Å². The van der Waals surface area contributed by atoms with Gasteiger partial charge < -0.3 is 33.8 Å². The highest BCUT2D eigenvalue weighted by molar-refractivity contribution is 7.47. The predicted octanol–water partition coefficient (Wildman–Crippen LogP) is 23.6. The zero-order valence-corrected chi connectivity index (χ0v) is 65.7. The minimum absolute atomic E-state index is 0.107. The van der Waals surface area contributed by atoms with Crippen LogP contribution in [0.4, 0.5) is 0 Å². The lowest BCUT2D eigenvalue weighted by atomic mass is 10.0. The Morgan fingerprint density at radius 1 is 0.276 bits per heavy atom. The fraction of sp³-hybridized carbons (Fsp3) is 0.949. The third-order valence-corrected chi connectivity index (χ3v) is 20.4. The molecule has 3 N–H and O–H groups in total. The largest absolute Gasteiger partial charge is 0.472 e. The van der Waals surface area contributed by atoms with Crippen LogP contribution in [-0.2, 0) is 65.4 Å². The molecule has 5 atom stereocenters. The van der Waals surface area contributed by atoms with Crippen LogP contribution in [0, 0.1) is 5.92 Å². The monoisotopic (exact) mass is 1440 g/mol. The van der Waals surface area contributed by atoms with E-state index in [4.69, 9.17) is 37.0 Å². The van der Waals surface area contributed by atoms with Crippen molar-refractivity contribution in [3.63, 3.8) is 0 Å². The van der Waals surface area contributed by atoms with Gasteiger partial charge in [0, 0.05) is 25.7 Å². The maximum Gasteiger partial charge on any atom is 0.472 e. The molecule has 0 aliphatic rings. The number of phosphoric ester groups is 2. The zero-order chi connectivity index (χ0) is 71.9. The Morgan fingerprint density at radius 3 is 0.694 bits per heavy atom. The van der Waals surface area contributed by atoms with Crippen LogP contribution in [0.2, 0.25) is 0 Å². The molecule has 98 heavy (non-hydrogen) atoms. The summed E-state index contributed by atoms with van der Waals surface area (Å²) < 4.78 is 68.5. The molecule has 19 heteroatoms. The van der Waals surface area contributed by atoms with Gasteiger partial charge in [-0.1, -0.05) is 369 Å². The molecule has 0 saturated heterocycles. The third kappa shape index (κ3) is 72.4. The fourth-order valence-electron chi connectivity index (χ4n) is 12.2. The summed E-state index contributed by atoms with van der Waals surface area (Å²) in [7, 11) is -9.91. The molecule has 0 saturated carbocycles. The van der Waals surface area contributed by atoms with Crippen LogP contribution in [0.1, 0.15) is 420 Å². The number of ether oxygens (including phenoxy) is 4. The van der Waals surface area contributed by atoms with Crippen LogP contribution in [-0.4, -0.2) is 96.7 Å². The number of carbonyl (C=O) groups excluding carboxylic acids is 4. The van der Waals surface area contributed by atoms with Crippen molar-refractivity contribution in [3.8, 4) is 0 Å². The number of rotatable bonds is 79. The van der Waals surface area contributed by atoms with Gasteiger partial charge in [0.25, 0.3) is 0 Å². The average molecular weight is 1440 g/mol. The lowest BCUT2D eigenvalue weighted by molar-refractivity contribution is -0.161. The Bertz CT molecular complexity index is 1870. The van der Waals surface area contributed by atoms with E-state index < -0.39 is 97.5 Å². The predicted molar refractivity (Wildman–Crippen MR) is 400 cm³/mol. The summed E-state index contributed by atoms with van der Waals surface area (Å²) in [6.45, 7) is 7.28. The van der Waals surface area contributed by atoms with E-state index in [1.165, 1.54) is 231 Å². The first-order valence-electron chi connectivity index (χ1n) is 41.1. The topological polar surface area (TPSA) is 237 Å². The van der Waals surface area contributed by atoms with Gasteiger partial charge in [0.05, 0.1) is 26.4 Å². The van der Waals surface area contributed by atoms with Crippen LogP contribution in [0.5, 0.6) is 0 Å². The van der Waals surface area contributed by atoms with Crippen LogP contribution < -0.4 is 0 Å². The molecule has 582 valence electrons. The lowest BCUT2D eigenvalue weighted by Gasteiger charge is -2.21. The Kier molecular flexibility index (Phi) is 70.6. The summed E-state index contributed by atoms with van der Waals surface area (Å²) in [5.74, 6) is -1.34. The molecule has 0 fully saturated rings. The standard InChI is InChI=1S/C79H154O17P2/c1-6-9-12-15-18-20-22-24-26-28-29-30-31-33-35-40-44-49-54-59-64-79(84)96-75(69-90-77(82)63-58-53-48-43-39-34-32-27-25-23-21-19-16-13-10-7-2)71-94-98(87,88)92-67-73(80)66-91-97(85,86)93-70-74(68-89-76(81)62-57-52-46-17-14-11-8-3)95-78(83)65-60-55-50-45-41-37-36-38-42-47-51-56-61-72(4)5/h72-75,80H,6-71H2,1-5H3,(H,85,86)(H,87,88)/t73-,74+,75+/m0/s1. The van der Waals surface area contributed by atoms with Crippen molar-refractivity contribution < 1.29 is 80.2 Å². The molecular formula is C79H154O17P2. The van der Waals surface area contributed by atoms with E-state index in [-0.39, 0.29) is 25.7 Å². The molecule has 0 radical (unpaired) electrons. The van der Waals surface area contributed by atoms with E-state index in [0.29, 0.717) is 25.7 Å². The highest BCUT2D eigenvalue weighted by Gasteiger charge is 2.30. The van der Waals surface area contributed by atoms with Gasteiger partial charge >= 0.3 is 39.5 Å². The minimum Gasteiger partial charge on any atom is -0.462 e. The molecule has 0 amide bonds. The van der Waals surface area contributed by atoms with Crippen molar-refractivity contribution in [3.05, 3.63) is 0 Å². The number of esters is 4. The van der Waals surface area contributed by atoms with Gasteiger partial charge in [-0.15, -0.1) is 0 Å². The van der Waals surface area contributed by atoms with Gasteiger partial charge in [-0.25, -0.2) is 9.13 Å². The van der Waals surface area contributed by atoms with Crippen molar-refractivity contribution in [1.29, 1.82) is 0 Å². The first-order chi connectivity index (χ1) is 47.5. The number of aliphatic hydroxyl groups excluding tert-OH is 1. The first-order valence-corrected chi connectivity index (χ1v) is 44.1. The van der Waals surface area contributed by atoms with Gasteiger partial charge in [-0.2, -0.15) is 0 Å². The van der Waals surface area contributed by atoms with E-state index in [1.54, 1.807) is 0 Å². The quantitative estimate of drug-likeness (QED) is 0.0222. The number of hydrogen-bond donors (Lipinski definition) is 3. The third-order valence-electron chi connectivity index (χ3n) is 18.5. The normalized spacial score (nSPS) is 13.9. The summed E-state index contributed by atoms with van der Waals surface area (Å²) >= 11 is 0. The smallest absolute Gasteiger partial charge is 0.462 e. The fourth-order valence-corrected chi connectivity index (χ4v) is 13.8. The van der Waals surface area contributed by atoms with Gasteiger partial charge in [0.15, 0.2) is 12.2 Å². The number of unbranched alkanes of at least 4 members (excludes halogenated alkanes) is 51. The zero-order valence-electron chi connectivity index (χ0n) is 63.9. The molecule has 0 rings (SSSR count). The van der Waals surface area contributed by atoms with E-state index >= 15 is 0 Å². The van der Waals surface area contributed by atoms with Crippen molar-refractivity contribution in [2.24, 2.45) is 5.92 Å². The second kappa shape index (κ2) is 72.0. The van der Waals surface area contributed by atoms with E-state index in [1.807, 2.05) is 0 Å². The molecular weight excluding hydrogens is 1280 g/mol. The molecule has 0 bridgehead atoms. The summed E-state index contributed by atoms with van der Waals surface area (Å²) in [5.41, 5.74) is 0. The molecule has 0 aliphatic heterocycles. The Morgan fingerprint density at radius 2 is 0.469 bits per heavy atom. The number of phosphoric acid groups is 2. The molecule has 0 aromatic carbocycles. The van der Waals surface area contributed by atoms with Crippen LogP contribution in [0.15, 0.2) is 0 Å². The Balaban J connectivity index is 5.18. The molecule has 0 aromatic heterocycles. The lowest BCUT2D eigenvalue weighted by Crippen LogP contribution is -2.30. The maximum absolute atomic E-state index is 13.1. The molecule has 0 heterocycles. The molecule has 0 aromatic rings. The molecule has 2 unspecified atom stereocenters. The summed E-state index contributed by atoms with van der Waals surface area (Å²) in [5, 5.41) is 10.6. The SMILES string of the molecule is CCCCCCCCCCCCCCCCCCCCCCC(=O)O[C@H](COC(=O)CCCCCCCCCCCCCCCCCC)COP(=O)(O)OC[C@@H](O)COP(=O)(O)OC[C@@H](COC(=O)CCCCCCCCC)OC(=O)CCCCCCCCCCCCCCC(C)C. The highest BCUT2D eigenvalue weighted by atomic mass is 31.2. The van der Waals surface area contributed by atoms with Crippen molar-refractivity contribution in [2.45, 2.75) is 438 Å². The molecule has 0 aliphatic carbocycles. The van der Waals surface area contributed by atoms with E-state index in [9.17, 15) is 43.2 Å². The summed E-state index contributed by atoms with van der Waals surface area (Å²) in [6, 6.07) is 0. The van der Waals surface area contributed by atoms with Crippen LogP contribution >= 0.6 is 15.6 Å². The van der Waals surface area contributed by atoms with E-state index in [0.717, 1.165) is 109 Å². The van der Waals surface area contributed by atoms with Crippen LogP contribution in [0.25, 0.3) is 0 Å². The van der Waals surface area contributed by atoms with Gasteiger partial charge in [0.1, 0.15) is 19.3 Å². The minimum atomic E-state index is -4.96. The highest BCUT2D eigenvalue weighted by Crippen LogP contribution is 2.45.